The van der Waals surface area contributed by atoms with Crippen molar-refractivity contribution in [1.82, 2.24) is 4.57 Å². The number of hydrogen-bond donors (Lipinski definition) is 2. The number of aliphatic carboxylic acids is 1. The highest BCUT2D eigenvalue weighted by molar-refractivity contribution is 6.09. The maximum absolute atomic E-state index is 12.5. The molecule has 0 spiro atoms. The fraction of sp³-hybridized carbons (Fsp3) is 0.167. The van der Waals surface area contributed by atoms with E-state index in [1.807, 2.05) is 0 Å². The average Bonchev–Trinajstić information content (AvgIpc) is 2.61. The van der Waals surface area contributed by atoms with E-state index in [9.17, 15) is 22.8 Å². The van der Waals surface area contributed by atoms with E-state index in [4.69, 9.17) is 10.8 Å². The predicted molar refractivity (Wildman–Crippen MR) is 64.8 cm³/mol. The molecule has 2 rings (SSSR count). The summed E-state index contributed by atoms with van der Waals surface area (Å²) in [5, 5.41) is 8.91. The van der Waals surface area contributed by atoms with Gasteiger partial charge in [0.2, 0.25) is 5.88 Å². The normalized spacial score (nSPS) is 11.6. The van der Waals surface area contributed by atoms with Crippen LogP contribution in [-0.4, -0.2) is 27.9 Å². The molecule has 6 nitrogen and oxygen atoms in total. The number of aromatic nitrogens is 1. The zero-order valence-electron chi connectivity index (χ0n) is 10.3. The molecule has 9 heteroatoms. The standard InChI is InChI=1S/C12H9F3N2O4/c13-12(14,15)21-11-9(10(16)20)6-3-1-2-4-7(6)17(11)5-8(18)19/h1-4H,5H2,(H2,16,20)(H,18,19). The van der Waals surface area contributed by atoms with Crippen LogP contribution >= 0.6 is 0 Å². The minimum Gasteiger partial charge on any atom is -0.480 e. The first-order chi connectivity index (χ1) is 9.70. The topological polar surface area (TPSA) is 94.6 Å². The highest BCUT2D eigenvalue weighted by Gasteiger charge is 2.36. The predicted octanol–water partition coefficient (Wildman–Crippen LogP) is 1.72. The molecule has 0 aliphatic carbocycles. The Morgan fingerprint density at radius 3 is 2.43 bits per heavy atom. The van der Waals surface area contributed by atoms with Crippen LogP contribution in [-0.2, 0) is 11.3 Å². The van der Waals surface area contributed by atoms with Gasteiger partial charge in [-0.2, -0.15) is 0 Å². The number of carboxylic acids is 1. The second-order valence-corrected chi connectivity index (χ2v) is 4.09. The number of carbonyl (C=O) groups is 2. The van der Waals surface area contributed by atoms with Crippen LogP contribution in [0.25, 0.3) is 10.9 Å². The highest BCUT2D eigenvalue weighted by Crippen LogP contribution is 2.35. The first-order valence-corrected chi connectivity index (χ1v) is 5.59. The lowest BCUT2D eigenvalue weighted by Gasteiger charge is -2.12. The van der Waals surface area contributed by atoms with E-state index in [1.165, 1.54) is 24.3 Å². The molecule has 0 saturated carbocycles. The Morgan fingerprint density at radius 1 is 1.29 bits per heavy atom. The number of fused-ring (bicyclic) bond motifs is 1. The Morgan fingerprint density at radius 2 is 1.90 bits per heavy atom. The second-order valence-electron chi connectivity index (χ2n) is 4.09. The van der Waals surface area contributed by atoms with E-state index >= 15 is 0 Å². The number of primary amides is 1. The molecule has 0 aliphatic rings. The number of carbonyl (C=O) groups excluding carboxylic acids is 1. The Bertz CT molecular complexity index is 721. The third kappa shape index (κ3) is 2.91. The summed E-state index contributed by atoms with van der Waals surface area (Å²) in [6.45, 7) is -0.806. The SMILES string of the molecule is NC(=O)c1c(OC(F)(F)F)n(CC(=O)O)c2ccccc12. The maximum Gasteiger partial charge on any atom is 0.574 e. The van der Waals surface area contributed by atoms with Crippen LogP contribution < -0.4 is 10.5 Å². The first kappa shape index (κ1) is 14.7. The molecule has 0 unspecified atom stereocenters. The van der Waals surface area contributed by atoms with Gasteiger partial charge < -0.3 is 20.1 Å². The van der Waals surface area contributed by atoms with Gasteiger partial charge in [-0.1, -0.05) is 18.2 Å². The Hall–Kier alpha value is -2.71. The Labute approximate surface area is 115 Å². The molecule has 0 fully saturated rings. The lowest BCUT2D eigenvalue weighted by atomic mass is 10.1. The van der Waals surface area contributed by atoms with Gasteiger partial charge in [-0.05, 0) is 6.07 Å². The summed E-state index contributed by atoms with van der Waals surface area (Å²) in [7, 11) is 0. The van der Waals surface area contributed by atoms with Crippen molar-refractivity contribution < 1.29 is 32.6 Å². The van der Waals surface area contributed by atoms with Gasteiger partial charge >= 0.3 is 12.3 Å². The molecule has 1 aromatic carbocycles. The molecule has 3 N–H and O–H groups in total. The van der Waals surface area contributed by atoms with Crippen LogP contribution in [0.15, 0.2) is 24.3 Å². The fourth-order valence-electron chi connectivity index (χ4n) is 2.03. The van der Waals surface area contributed by atoms with Crippen LogP contribution in [0.5, 0.6) is 5.88 Å². The Balaban J connectivity index is 2.79. The van der Waals surface area contributed by atoms with E-state index in [2.05, 4.69) is 4.74 Å². The number of carboxylic acid groups (broad SMARTS) is 1. The van der Waals surface area contributed by atoms with Crippen molar-refractivity contribution in [3.63, 3.8) is 0 Å². The quantitative estimate of drug-likeness (QED) is 0.899. The number of halogens is 3. The van der Waals surface area contributed by atoms with Crippen molar-refractivity contribution in [2.45, 2.75) is 12.9 Å². The van der Waals surface area contributed by atoms with Crippen molar-refractivity contribution in [2.24, 2.45) is 5.73 Å². The van der Waals surface area contributed by atoms with Gasteiger partial charge in [0.05, 0.1) is 5.52 Å². The average molecular weight is 302 g/mol. The number of amides is 1. The summed E-state index contributed by atoms with van der Waals surface area (Å²) in [6.07, 6.45) is -5.09. The van der Waals surface area contributed by atoms with Gasteiger partial charge in [0.25, 0.3) is 5.91 Å². The third-order valence-electron chi connectivity index (χ3n) is 2.68. The molecule has 0 radical (unpaired) electrons. The number of nitrogens with zero attached hydrogens (tertiary/aromatic N) is 1. The molecule has 0 atom stereocenters. The number of para-hydroxylation sites is 1. The smallest absolute Gasteiger partial charge is 0.480 e. The lowest BCUT2D eigenvalue weighted by Crippen LogP contribution is -2.23. The number of ether oxygens (including phenoxy) is 1. The first-order valence-electron chi connectivity index (χ1n) is 5.59. The van der Waals surface area contributed by atoms with E-state index in [-0.39, 0.29) is 10.9 Å². The largest absolute Gasteiger partial charge is 0.574 e. The molecular formula is C12H9F3N2O4. The number of benzene rings is 1. The minimum absolute atomic E-state index is 0.0884. The summed E-state index contributed by atoms with van der Waals surface area (Å²) < 4.78 is 42.0. The van der Waals surface area contributed by atoms with Crippen molar-refractivity contribution in [1.29, 1.82) is 0 Å². The molecule has 0 saturated heterocycles. The van der Waals surface area contributed by atoms with Gasteiger partial charge in [-0.15, -0.1) is 13.2 Å². The van der Waals surface area contributed by atoms with Gasteiger partial charge in [-0.3, -0.25) is 9.59 Å². The number of hydrogen-bond acceptors (Lipinski definition) is 3. The summed E-state index contributed by atoms with van der Waals surface area (Å²) in [6, 6.07) is 5.70. The molecule has 1 amide bonds. The zero-order valence-corrected chi connectivity index (χ0v) is 10.3. The summed E-state index contributed by atoms with van der Waals surface area (Å²) in [4.78, 5) is 22.3. The van der Waals surface area contributed by atoms with Gasteiger partial charge in [0.15, 0.2) is 0 Å². The minimum atomic E-state index is -5.09. The highest BCUT2D eigenvalue weighted by atomic mass is 19.4. The monoisotopic (exact) mass is 302 g/mol. The zero-order chi connectivity index (χ0) is 15.8. The van der Waals surface area contributed by atoms with E-state index in [0.717, 1.165) is 4.57 Å². The molecule has 112 valence electrons. The summed E-state index contributed by atoms with van der Waals surface area (Å²) in [5.41, 5.74) is 4.69. The van der Waals surface area contributed by atoms with Crippen molar-refractivity contribution in [3.8, 4) is 5.88 Å². The van der Waals surface area contributed by atoms with Crippen molar-refractivity contribution in [2.75, 3.05) is 0 Å². The molecule has 1 heterocycles. The van der Waals surface area contributed by atoms with Crippen LogP contribution in [0.1, 0.15) is 10.4 Å². The van der Waals surface area contributed by atoms with Gasteiger partial charge in [0.1, 0.15) is 12.1 Å². The molecular weight excluding hydrogens is 293 g/mol. The van der Waals surface area contributed by atoms with Crippen LogP contribution in [0, 0.1) is 0 Å². The molecule has 0 aliphatic heterocycles. The van der Waals surface area contributed by atoms with E-state index in [1.54, 1.807) is 0 Å². The third-order valence-corrected chi connectivity index (χ3v) is 2.68. The van der Waals surface area contributed by atoms with Gasteiger partial charge in [0, 0.05) is 5.39 Å². The van der Waals surface area contributed by atoms with Crippen molar-refractivity contribution in [3.05, 3.63) is 29.8 Å². The van der Waals surface area contributed by atoms with Crippen LogP contribution in [0.4, 0.5) is 13.2 Å². The fourth-order valence-corrected chi connectivity index (χ4v) is 2.03. The van der Waals surface area contributed by atoms with E-state index in [0.29, 0.717) is 0 Å². The number of rotatable bonds is 4. The molecule has 0 bridgehead atoms. The maximum atomic E-state index is 12.5. The van der Waals surface area contributed by atoms with Gasteiger partial charge in [-0.25, -0.2) is 0 Å². The van der Waals surface area contributed by atoms with Crippen LogP contribution in [0.2, 0.25) is 0 Å². The second kappa shape index (κ2) is 5.00. The number of nitrogens with two attached hydrogens (primary N) is 1. The number of alkyl halides is 3. The molecule has 21 heavy (non-hydrogen) atoms. The Kier molecular flexibility index (Phi) is 3.50. The van der Waals surface area contributed by atoms with Crippen LogP contribution in [0.3, 0.4) is 0 Å². The summed E-state index contributed by atoms with van der Waals surface area (Å²) >= 11 is 0. The van der Waals surface area contributed by atoms with E-state index < -0.39 is 36.2 Å². The lowest BCUT2D eigenvalue weighted by molar-refractivity contribution is -0.277. The molecule has 2 aromatic rings. The van der Waals surface area contributed by atoms with Crippen molar-refractivity contribution >= 4 is 22.8 Å². The molecule has 1 aromatic heterocycles. The summed E-state index contributed by atoms with van der Waals surface area (Å²) in [5.74, 6) is -3.47.